The summed E-state index contributed by atoms with van der Waals surface area (Å²) in [4.78, 5) is 0. The summed E-state index contributed by atoms with van der Waals surface area (Å²) in [5.74, 6) is 2.01. The van der Waals surface area contributed by atoms with Crippen LogP contribution in [0.4, 0.5) is 0 Å². The van der Waals surface area contributed by atoms with Gasteiger partial charge in [0.1, 0.15) is 0 Å². The molecule has 0 amide bonds. The first-order valence-electron chi connectivity index (χ1n) is 4.17. The highest BCUT2D eigenvalue weighted by atomic mass is 32.2. The molecule has 0 unspecified atom stereocenters. The van der Waals surface area contributed by atoms with Crippen LogP contribution in [0.1, 0.15) is 12.0 Å². The first-order valence-corrected chi connectivity index (χ1v) is 5.77. The van der Waals surface area contributed by atoms with Crippen molar-refractivity contribution in [3.8, 4) is 0 Å². The molecule has 0 bridgehead atoms. The van der Waals surface area contributed by atoms with Crippen LogP contribution in [0.25, 0.3) is 0 Å². The van der Waals surface area contributed by atoms with Crippen LogP contribution in [0.3, 0.4) is 0 Å². The maximum atomic E-state index is 7.13. The molecule has 1 N–H and O–H groups in total. The van der Waals surface area contributed by atoms with Crippen LogP contribution in [-0.4, -0.2) is 10.8 Å². The summed E-state index contributed by atoms with van der Waals surface area (Å²) in [7, 11) is 0. The zero-order valence-corrected chi connectivity index (χ0v) is 9.07. The first kappa shape index (κ1) is 10.7. The van der Waals surface area contributed by atoms with Gasteiger partial charge in [-0.05, 0) is 11.3 Å². The fourth-order valence-corrected chi connectivity index (χ4v) is 2.12. The molecule has 1 aromatic rings. The molecule has 0 heterocycles. The van der Waals surface area contributed by atoms with E-state index in [0.717, 1.165) is 17.9 Å². The van der Waals surface area contributed by atoms with Crippen molar-refractivity contribution in [1.82, 2.24) is 0 Å². The van der Waals surface area contributed by atoms with Crippen molar-refractivity contribution in [2.24, 2.45) is 0 Å². The molecule has 1 aromatic carbocycles. The molecular weight excluding hydrogens is 198 g/mol. The fraction of sp³-hybridized carbons (Fsp3) is 0.300. The minimum atomic E-state index is 0.473. The van der Waals surface area contributed by atoms with Crippen molar-refractivity contribution in [2.45, 2.75) is 12.2 Å². The molecule has 3 heteroatoms. The van der Waals surface area contributed by atoms with Crippen LogP contribution in [0.5, 0.6) is 0 Å². The van der Waals surface area contributed by atoms with E-state index in [2.05, 4.69) is 36.9 Å². The lowest BCUT2D eigenvalue weighted by atomic mass is 10.2. The predicted molar refractivity (Wildman–Crippen MR) is 63.9 cm³/mol. The van der Waals surface area contributed by atoms with Crippen LogP contribution in [-0.2, 0) is 5.75 Å². The van der Waals surface area contributed by atoms with E-state index >= 15 is 0 Å². The van der Waals surface area contributed by atoms with Crippen LogP contribution in [0, 0.1) is 5.41 Å². The topological polar surface area (TPSA) is 23.9 Å². The summed E-state index contributed by atoms with van der Waals surface area (Å²) in [5, 5.41) is 7.60. The van der Waals surface area contributed by atoms with Gasteiger partial charge >= 0.3 is 0 Å². The van der Waals surface area contributed by atoms with Gasteiger partial charge in [-0.25, -0.2) is 0 Å². The van der Waals surface area contributed by atoms with Gasteiger partial charge in [0.05, 0.1) is 5.04 Å². The molecule has 0 aliphatic carbocycles. The van der Waals surface area contributed by atoms with Crippen LogP contribution < -0.4 is 0 Å². The van der Waals surface area contributed by atoms with Crippen LogP contribution in [0.15, 0.2) is 30.3 Å². The average molecular weight is 211 g/mol. The van der Waals surface area contributed by atoms with Crippen molar-refractivity contribution >= 4 is 29.4 Å². The molecule has 70 valence electrons. The summed E-state index contributed by atoms with van der Waals surface area (Å²) in [6, 6.07) is 10.4. The zero-order valence-electron chi connectivity index (χ0n) is 7.36. The first-order chi connectivity index (χ1) is 6.29. The average Bonchev–Trinajstić information content (AvgIpc) is 2.14. The number of rotatable bonds is 5. The van der Waals surface area contributed by atoms with E-state index in [1.807, 2.05) is 17.8 Å². The van der Waals surface area contributed by atoms with Gasteiger partial charge in [-0.15, -0.1) is 12.6 Å². The molecule has 0 spiro atoms. The van der Waals surface area contributed by atoms with Gasteiger partial charge in [0.15, 0.2) is 0 Å². The van der Waals surface area contributed by atoms with Crippen LogP contribution in [0.2, 0.25) is 0 Å². The van der Waals surface area contributed by atoms with Crippen molar-refractivity contribution in [1.29, 1.82) is 5.41 Å². The Labute approximate surface area is 88.9 Å². The number of hydrogen-bond acceptors (Lipinski definition) is 2. The third-order valence-electron chi connectivity index (χ3n) is 1.59. The monoisotopic (exact) mass is 211 g/mol. The molecule has 1 rings (SSSR count). The van der Waals surface area contributed by atoms with E-state index in [4.69, 9.17) is 5.41 Å². The highest BCUT2D eigenvalue weighted by molar-refractivity contribution is 7.99. The van der Waals surface area contributed by atoms with Crippen molar-refractivity contribution in [2.75, 3.05) is 5.75 Å². The molecule has 0 aliphatic heterocycles. The predicted octanol–water partition coefficient (Wildman–Crippen LogP) is 3.22. The summed E-state index contributed by atoms with van der Waals surface area (Å²) in [6.45, 7) is 0. The van der Waals surface area contributed by atoms with Gasteiger partial charge in [-0.3, -0.25) is 5.41 Å². The molecule has 0 radical (unpaired) electrons. The van der Waals surface area contributed by atoms with Gasteiger partial charge in [-0.2, -0.15) is 11.8 Å². The van der Waals surface area contributed by atoms with E-state index in [-0.39, 0.29) is 0 Å². The van der Waals surface area contributed by atoms with E-state index in [1.165, 1.54) is 5.56 Å². The van der Waals surface area contributed by atoms with E-state index in [0.29, 0.717) is 5.04 Å². The Balaban J connectivity index is 2.17. The van der Waals surface area contributed by atoms with E-state index < -0.39 is 0 Å². The standard InChI is InChI=1S/C10H13NS2/c11-10(12)6-7-13-8-9-4-2-1-3-5-9/h1-5H,6-8H2,(H2,11,12). The highest BCUT2D eigenvalue weighted by Crippen LogP contribution is 2.12. The molecule has 1 nitrogen and oxygen atoms in total. The molecule has 0 aromatic heterocycles. The summed E-state index contributed by atoms with van der Waals surface area (Å²) in [5.41, 5.74) is 1.35. The minimum Gasteiger partial charge on any atom is -0.299 e. The largest absolute Gasteiger partial charge is 0.299 e. The van der Waals surface area contributed by atoms with Gasteiger partial charge in [0.25, 0.3) is 0 Å². The second-order valence-electron chi connectivity index (χ2n) is 2.73. The molecule has 0 saturated heterocycles. The molecular formula is C10H13NS2. The molecule has 0 atom stereocenters. The van der Waals surface area contributed by atoms with Crippen molar-refractivity contribution in [3.05, 3.63) is 35.9 Å². The Morgan fingerprint density at radius 1 is 1.31 bits per heavy atom. The Kier molecular flexibility index (Phi) is 5.01. The Hall–Kier alpha value is -0.410. The number of thioether (sulfide) groups is 1. The SMILES string of the molecule is N=C(S)CCSCc1ccccc1. The number of thiol groups is 1. The minimum absolute atomic E-state index is 0.473. The lowest BCUT2D eigenvalue weighted by Crippen LogP contribution is -1.88. The zero-order chi connectivity index (χ0) is 9.52. The van der Waals surface area contributed by atoms with Gasteiger partial charge in [0.2, 0.25) is 0 Å². The maximum Gasteiger partial charge on any atom is 0.0619 e. The summed E-state index contributed by atoms with van der Waals surface area (Å²) >= 11 is 5.77. The van der Waals surface area contributed by atoms with Gasteiger partial charge in [0, 0.05) is 12.2 Å². The normalized spacial score (nSPS) is 9.92. The smallest absolute Gasteiger partial charge is 0.0619 e. The quantitative estimate of drug-likeness (QED) is 0.332. The second kappa shape index (κ2) is 6.11. The number of hydrogen-bond donors (Lipinski definition) is 2. The van der Waals surface area contributed by atoms with Crippen molar-refractivity contribution in [3.63, 3.8) is 0 Å². The number of benzene rings is 1. The second-order valence-corrected chi connectivity index (χ2v) is 4.38. The van der Waals surface area contributed by atoms with Crippen LogP contribution >= 0.6 is 24.4 Å². The summed E-state index contributed by atoms with van der Waals surface area (Å²) < 4.78 is 0. The molecule has 0 aliphatic rings. The third-order valence-corrected chi connectivity index (χ3v) is 2.85. The maximum absolute atomic E-state index is 7.13. The van der Waals surface area contributed by atoms with E-state index in [9.17, 15) is 0 Å². The Morgan fingerprint density at radius 3 is 2.62 bits per heavy atom. The lowest BCUT2D eigenvalue weighted by Gasteiger charge is -2.00. The summed E-state index contributed by atoms with van der Waals surface area (Å²) in [6.07, 6.45) is 0.778. The third kappa shape index (κ3) is 5.01. The molecule has 13 heavy (non-hydrogen) atoms. The van der Waals surface area contributed by atoms with Gasteiger partial charge in [-0.1, -0.05) is 30.3 Å². The molecule has 0 fully saturated rings. The van der Waals surface area contributed by atoms with E-state index in [1.54, 1.807) is 0 Å². The lowest BCUT2D eigenvalue weighted by molar-refractivity contribution is 1.29. The highest BCUT2D eigenvalue weighted by Gasteiger charge is 1.93. The molecule has 0 saturated carbocycles. The number of nitrogens with one attached hydrogen (secondary N) is 1. The Morgan fingerprint density at radius 2 is 2.00 bits per heavy atom. The van der Waals surface area contributed by atoms with Gasteiger partial charge < -0.3 is 0 Å². The Bertz CT molecular complexity index is 259. The fourth-order valence-electron chi connectivity index (χ4n) is 0.933. The van der Waals surface area contributed by atoms with Crippen molar-refractivity contribution < 1.29 is 0 Å².